The van der Waals surface area contributed by atoms with Crippen LogP contribution in [-0.2, 0) is 6.54 Å². The van der Waals surface area contributed by atoms with Crippen LogP contribution in [0.15, 0.2) is 52.3 Å². The fourth-order valence-electron chi connectivity index (χ4n) is 5.43. The fraction of sp³-hybridized carbons (Fsp3) is 0.296. The first-order chi connectivity index (χ1) is 19.3. The second-order valence-electron chi connectivity index (χ2n) is 9.61. The zero-order chi connectivity index (χ0) is 28.4. The molecule has 0 radical (unpaired) electrons. The van der Waals surface area contributed by atoms with Gasteiger partial charge in [-0.3, -0.25) is 29.4 Å². The fourth-order valence-corrected chi connectivity index (χ4v) is 5.81. The summed E-state index contributed by atoms with van der Waals surface area (Å²) in [6.45, 7) is 1.38. The SMILES string of the molecule is COc1ccc(C(c2c(O)[nH]c(=S)[nH]c2=O)c2c(O)[nH]c(=S)[nH]c2=O)cc1CN1CCCC[C@@H]1c1cccnc1. The van der Waals surface area contributed by atoms with Crippen molar-refractivity contribution in [2.75, 3.05) is 13.7 Å². The molecule has 208 valence electrons. The number of nitrogens with zero attached hydrogens (tertiary/aromatic N) is 2. The number of rotatable bonds is 7. The van der Waals surface area contributed by atoms with Gasteiger partial charge >= 0.3 is 0 Å². The summed E-state index contributed by atoms with van der Waals surface area (Å²) in [7, 11) is 1.58. The number of hydrogen-bond donors (Lipinski definition) is 6. The second-order valence-corrected chi connectivity index (χ2v) is 10.4. The summed E-state index contributed by atoms with van der Waals surface area (Å²) < 4.78 is 5.52. The number of methoxy groups -OCH3 is 1. The van der Waals surface area contributed by atoms with E-state index in [-0.39, 0.29) is 26.7 Å². The minimum atomic E-state index is -1.19. The molecule has 0 amide bonds. The van der Waals surface area contributed by atoms with Gasteiger partial charge in [-0.25, -0.2) is 0 Å². The third-order valence-corrected chi connectivity index (χ3v) is 7.60. The minimum absolute atomic E-state index is 0.0856. The Morgan fingerprint density at radius 2 is 1.70 bits per heavy atom. The second kappa shape index (κ2) is 11.6. The van der Waals surface area contributed by atoms with Crippen molar-refractivity contribution in [3.05, 3.63) is 101 Å². The molecular formula is C27H28N6O5S2. The van der Waals surface area contributed by atoms with Crippen molar-refractivity contribution in [3.8, 4) is 17.5 Å². The lowest BCUT2D eigenvalue weighted by atomic mass is 9.85. The summed E-state index contributed by atoms with van der Waals surface area (Å²) in [5.41, 5.74) is 0.588. The van der Waals surface area contributed by atoms with Crippen molar-refractivity contribution in [2.24, 2.45) is 0 Å². The molecule has 1 aromatic carbocycles. The maximum absolute atomic E-state index is 13.1. The Bertz CT molecular complexity index is 1690. The molecule has 1 atom stereocenters. The molecule has 0 spiro atoms. The summed E-state index contributed by atoms with van der Waals surface area (Å²) in [5, 5.41) is 21.6. The normalized spacial score (nSPS) is 15.8. The van der Waals surface area contributed by atoms with Crippen LogP contribution in [0.2, 0.25) is 0 Å². The molecule has 4 aromatic rings. The monoisotopic (exact) mass is 580 g/mol. The average molecular weight is 581 g/mol. The lowest BCUT2D eigenvalue weighted by molar-refractivity contribution is 0.139. The number of hydrogen-bond acceptors (Lipinski definition) is 9. The van der Waals surface area contributed by atoms with E-state index in [9.17, 15) is 19.8 Å². The summed E-state index contributed by atoms with van der Waals surface area (Å²) in [6, 6.07) is 9.41. The molecule has 0 unspecified atom stereocenters. The standard InChI is InChI=1S/C27H28N6O5S2/c1-38-18-8-7-14(11-16(18)13-33-10-3-2-6-17(33)15-5-4-9-28-12-15)19(20-22(34)29-26(39)30-23(20)35)21-24(36)31-27(40)32-25(21)37/h4-5,7-9,11-12,17,19H,2-3,6,10,13H2,1H3,(H3,29,30,34,35,39)(H3,31,32,36,37,40)/t17-/m1/s1. The van der Waals surface area contributed by atoms with E-state index in [1.165, 1.54) is 0 Å². The van der Waals surface area contributed by atoms with E-state index >= 15 is 0 Å². The minimum Gasteiger partial charge on any atom is -0.496 e. The molecule has 0 saturated carbocycles. The maximum atomic E-state index is 13.1. The third kappa shape index (κ3) is 5.48. The summed E-state index contributed by atoms with van der Waals surface area (Å²) >= 11 is 9.99. The summed E-state index contributed by atoms with van der Waals surface area (Å²) in [4.78, 5) is 42.8. The number of aromatic amines is 4. The van der Waals surface area contributed by atoms with E-state index in [2.05, 4.69) is 35.9 Å². The van der Waals surface area contributed by atoms with Gasteiger partial charge < -0.3 is 24.9 Å². The number of aromatic hydroxyl groups is 2. The predicted octanol–water partition coefficient (Wildman–Crippen LogP) is 3.90. The van der Waals surface area contributed by atoms with Gasteiger partial charge in [0.1, 0.15) is 5.75 Å². The largest absolute Gasteiger partial charge is 0.496 e. The number of piperidine rings is 1. The highest BCUT2D eigenvalue weighted by Crippen LogP contribution is 2.38. The van der Waals surface area contributed by atoms with E-state index in [0.29, 0.717) is 17.9 Å². The molecule has 13 heteroatoms. The van der Waals surface area contributed by atoms with Crippen molar-refractivity contribution < 1.29 is 14.9 Å². The molecule has 40 heavy (non-hydrogen) atoms. The highest BCUT2D eigenvalue weighted by molar-refractivity contribution is 7.71. The molecule has 4 heterocycles. The molecule has 3 aromatic heterocycles. The predicted molar refractivity (Wildman–Crippen MR) is 153 cm³/mol. The van der Waals surface area contributed by atoms with Crippen molar-refractivity contribution in [1.82, 2.24) is 29.8 Å². The molecule has 1 saturated heterocycles. The number of likely N-dealkylation sites (tertiary alicyclic amines) is 1. The number of nitrogens with one attached hydrogen (secondary N) is 4. The van der Waals surface area contributed by atoms with E-state index in [0.717, 1.165) is 36.9 Å². The Kier molecular flexibility index (Phi) is 7.96. The van der Waals surface area contributed by atoms with Gasteiger partial charge in [-0.15, -0.1) is 0 Å². The lowest BCUT2D eigenvalue weighted by Gasteiger charge is -2.36. The van der Waals surface area contributed by atoms with Crippen LogP contribution in [0.1, 0.15) is 59.0 Å². The van der Waals surface area contributed by atoms with Gasteiger partial charge in [-0.1, -0.05) is 18.6 Å². The van der Waals surface area contributed by atoms with E-state index < -0.39 is 28.8 Å². The number of benzene rings is 1. The van der Waals surface area contributed by atoms with Crippen LogP contribution >= 0.6 is 24.4 Å². The Morgan fingerprint density at radius 1 is 1.02 bits per heavy atom. The Morgan fingerprint density at radius 3 is 2.27 bits per heavy atom. The summed E-state index contributed by atoms with van der Waals surface area (Å²) in [5.74, 6) is -1.62. The first-order valence-corrected chi connectivity index (χ1v) is 13.5. The smallest absolute Gasteiger partial charge is 0.259 e. The maximum Gasteiger partial charge on any atom is 0.259 e. The van der Waals surface area contributed by atoms with Gasteiger partial charge in [-0.05, 0) is 73.1 Å². The first kappa shape index (κ1) is 27.5. The number of ether oxygens (including phenoxy) is 1. The molecule has 11 nitrogen and oxygen atoms in total. The highest BCUT2D eigenvalue weighted by atomic mass is 32.1. The molecule has 0 bridgehead atoms. The quantitative estimate of drug-likeness (QED) is 0.178. The molecule has 0 aliphatic carbocycles. The van der Waals surface area contributed by atoms with E-state index in [1.54, 1.807) is 25.4 Å². The molecule has 1 aliphatic rings. The van der Waals surface area contributed by atoms with E-state index in [4.69, 9.17) is 29.2 Å². The van der Waals surface area contributed by atoms with E-state index in [1.807, 2.05) is 18.3 Å². The average Bonchev–Trinajstić information content (AvgIpc) is 2.92. The van der Waals surface area contributed by atoms with Crippen LogP contribution < -0.4 is 15.9 Å². The van der Waals surface area contributed by atoms with Gasteiger partial charge in [0.25, 0.3) is 11.1 Å². The first-order valence-electron chi connectivity index (χ1n) is 12.7. The van der Waals surface area contributed by atoms with Crippen LogP contribution in [-0.4, -0.2) is 53.7 Å². The van der Waals surface area contributed by atoms with Crippen molar-refractivity contribution in [2.45, 2.75) is 37.8 Å². The highest BCUT2D eigenvalue weighted by Gasteiger charge is 2.31. The molecular weight excluding hydrogens is 552 g/mol. The summed E-state index contributed by atoms with van der Waals surface area (Å²) in [6.07, 6.45) is 6.76. The Hall–Kier alpha value is -4.07. The van der Waals surface area contributed by atoms with Crippen LogP contribution in [0, 0.1) is 9.54 Å². The molecule has 1 aliphatic heterocycles. The van der Waals surface area contributed by atoms with Gasteiger partial charge in [0.15, 0.2) is 21.3 Å². The van der Waals surface area contributed by atoms with Crippen molar-refractivity contribution in [3.63, 3.8) is 0 Å². The molecule has 1 fully saturated rings. The number of aromatic nitrogens is 5. The lowest BCUT2D eigenvalue weighted by Crippen LogP contribution is -2.33. The van der Waals surface area contributed by atoms with Gasteiger partial charge in [-0.2, -0.15) is 0 Å². The molecule has 6 N–H and O–H groups in total. The number of H-pyrrole nitrogens is 4. The topological polar surface area (TPSA) is 163 Å². The van der Waals surface area contributed by atoms with Gasteiger partial charge in [0.05, 0.1) is 24.2 Å². The van der Waals surface area contributed by atoms with Crippen LogP contribution in [0.5, 0.6) is 17.5 Å². The third-order valence-electron chi connectivity index (χ3n) is 7.19. The van der Waals surface area contributed by atoms with Gasteiger partial charge in [0.2, 0.25) is 0 Å². The Labute approximate surface area is 238 Å². The molecule has 5 rings (SSSR count). The zero-order valence-corrected chi connectivity index (χ0v) is 23.2. The van der Waals surface area contributed by atoms with Crippen LogP contribution in [0.4, 0.5) is 0 Å². The van der Waals surface area contributed by atoms with Crippen LogP contribution in [0.25, 0.3) is 0 Å². The van der Waals surface area contributed by atoms with Gasteiger partial charge in [0, 0.05) is 30.5 Å². The Balaban J connectivity index is 1.66. The van der Waals surface area contributed by atoms with Crippen molar-refractivity contribution >= 4 is 24.4 Å². The van der Waals surface area contributed by atoms with Crippen LogP contribution in [0.3, 0.4) is 0 Å². The van der Waals surface area contributed by atoms with Crippen molar-refractivity contribution in [1.29, 1.82) is 0 Å². The zero-order valence-electron chi connectivity index (χ0n) is 21.6. The number of pyridine rings is 1.